The minimum Gasteiger partial charge on any atom is -0.390 e. The first kappa shape index (κ1) is 13.5. The zero-order valence-electron chi connectivity index (χ0n) is 10.2. The van der Waals surface area contributed by atoms with Gasteiger partial charge in [0, 0.05) is 5.56 Å². The van der Waals surface area contributed by atoms with Crippen LogP contribution in [0.5, 0.6) is 0 Å². The second-order valence-electron chi connectivity index (χ2n) is 4.33. The lowest BCUT2D eigenvalue weighted by Gasteiger charge is -2.19. The maximum atomic E-state index is 10.0. The molecule has 1 aromatic rings. The molecule has 0 aliphatic carbocycles. The van der Waals surface area contributed by atoms with Crippen LogP contribution in [0.1, 0.15) is 29.9 Å². The average Bonchev–Trinajstić information content (AvgIpc) is 2.92. The van der Waals surface area contributed by atoms with Crippen molar-refractivity contribution in [1.82, 2.24) is 0 Å². The summed E-state index contributed by atoms with van der Waals surface area (Å²) >= 11 is 0. The SMILES string of the molecule is NCCC(O)C(O)c1cccc(C2OCCO2)c1. The first-order chi connectivity index (χ1) is 8.72. The van der Waals surface area contributed by atoms with Gasteiger partial charge in [-0.1, -0.05) is 18.2 Å². The van der Waals surface area contributed by atoms with Gasteiger partial charge in [0.25, 0.3) is 0 Å². The molecule has 2 rings (SSSR count). The molecule has 0 bridgehead atoms. The van der Waals surface area contributed by atoms with Gasteiger partial charge in [0.05, 0.1) is 19.3 Å². The van der Waals surface area contributed by atoms with E-state index < -0.39 is 12.2 Å². The standard InChI is InChI=1S/C13H19NO4/c14-5-4-11(15)12(16)9-2-1-3-10(8-9)13-17-6-7-18-13/h1-3,8,11-13,15-16H,4-7,14H2. The van der Waals surface area contributed by atoms with Crippen LogP contribution >= 0.6 is 0 Å². The minimum absolute atomic E-state index is 0.340. The third-order valence-corrected chi connectivity index (χ3v) is 2.97. The number of benzene rings is 1. The lowest BCUT2D eigenvalue weighted by atomic mass is 10.00. The molecular weight excluding hydrogens is 234 g/mol. The molecule has 0 aromatic heterocycles. The molecule has 18 heavy (non-hydrogen) atoms. The Morgan fingerprint density at radius 3 is 2.67 bits per heavy atom. The Kier molecular flexibility index (Phi) is 4.68. The number of ether oxygens (including phenoxy) is 2. The summed E-state index contributed by atoms with van der Waals surface area (Å²) in [6.07, 6.45) is -1.80. The van der Waals surface area contributed by atoms with Crippen LogP contribution in [0.2, 0.25) is 0 Å². The summed E-state index contributed by atoms with van der Waals surface area (Å²) in [7, 11) is 0. The lowest BCUT2D eigenvalue weighted by Crippen LogP contribution is -2.21. The van der Waals surface area contributed by atoms with E-state index in [0.29, 0.717) is 31.7 Å². The van der Waals surface area contributed by atoms with E-state index in [0.717, 1.165) is 5.56 Å². The molecule has 0 amide bonds. The summed E-state index contributed by atoms with van der Waals surface area (Å²) in [5.41, 5.74) is 6.86. The van der Waals surface area contributed by atoms with E-state index in [1.165, 1.54) is 0 Å². The topological polar surface area (TPSA) is 84.9 Å². The summed E-state index contributed by atoms with van der Waals surface area (Å²) in [6.45, 7) is 1.49. The summed E-state index contributed by atoms with van der Waals surface area (Å²) in [4.78, 5) is 0. The molecule has 0 spiro atoms. The maximum absolute atomic E-state index is 10.0. The summed E-state index contributed by atoms with van der Waals surface area (Å²) < 4.78 is 10.8. The number of hydrogen-bond acceptors (Lipinski definition) is 5. The molecule has 1 aromatic carbocycles. The number of nitrogens with two attached hydrogens (primary N) is 1. The van der Waals surface area contributed by atoms with Crippen molar-refractivity contribution in [2.24, 2.45) is 5.73 Å². The molecule has 2 atom stereocenters. The van der Waals surface area contributed by atoms with Gasteiger partial charge in [-0.15, -0.1) is 0 Å². The van der Waals surface area contributed by atoms with Crippen molar-refractivity contribution in [3.63, 3.8) is 0 Å². The molecule has 1 saturated heterocycles. The highest BCUT2D eigenvalue weighted by Gasteiger charge is 2.22. The maximum Gasteiger partial charge on any atom is 0.184 e. The molecule has 1 aliphatic heterocycles. The molecule has 0 saturated carbocycles. The molecule has 4 N–H and O–H groups in total. The van der Waals surface area contributed by atoms with Crippen LogP contribution < -0.4 is 5.73 Å². The van der Waals surface area contributed by atoms with Crippen LogP contribution in [0, 0.1) is 0 Å². The van der Waals surface area contributed by atoms with Crippen LogP contribution in [0.15, 0.2) is 24.3 Å². The third kappa shape index (κ3) is 3.07. The van der Waals surface area contributed by atoms with Gasteiger partial charge in [0.1, 0.15) is 6.10 Å². The highest BCUT2D eigenvalue weighted by atomic mass is 16.7. The van der Waals surface area contributed by atoms with Crippen LogP contribution in [0.3, 0.4) is 0 Å². The Hall–Kier alpha value is -0.980. The van der Waals surface area contributed by atoms with Gasteiger partial charge in [-0.25, -0.2) is 0 Å². The van der Waals surface area contributed by atoms with Crippen LogP contribution in [0.25, 0.3) is 0 Å². The molecule has 1 aliphatic rings. The number of hydrogen-bond donors (Lipinski definition) is 3. The third-order valence-electron chi connectivity index (χ3n) is 2.97. The second kappa shape index (κ2) is 6.26. The van der Waals surface area contributed by atoms with Crippen molar-refractivity contribution >= 4 is 0 Å². The number of aliphatic hydroxyl groups is 2. The van der Waals surface area contributed by atoms with Crippen LogP contribution in [0.4, 0.5) is 0 Å². The van der Waals surface area contributed by atoms with Crippen LogP contribution in [-0.4, -0.2) is 36.1 Å². The van der Waals surface area contributed by atoms with Crippen molar-refractivity contribution in [1.29, 1.82) is 0 Å². The van der Waals surface area contributed by atoms with E-state index in [-0.39, 0.29) is 6.29 Å². The van der Waals surface area contributed by atoms with E-state index in [1.54, 1.807) is 12.1 Å². The molecule has 5 nitrogen and oxygen atoms in total. The van der Waals surface area contributed by atoms with E-state index in [2.05, 4.69) is 0 Å². The highest BCUT2D eigenvalue weighted by Crippen LogP contribution is 2.27. The fourth-order valence-corrected chi connectivity index (χ4v) is 1.99. The molecule has 2 unspecified atom stereocenters. The van der Waals surface area contributed by atoms with E-state index in [4.69, 9.17) is 15.2 Å². The summed E-state index contributed by atoms with van der Waals surface area (Å²) in [5, 5.41) is 19.7. The first-order valence-corrected chi connectivity index (χ1v) is 6.11. The Bertz CT molecular complexity index is 379. The van der Waals surface area contributed by atoms with Crippen molar-refractivity contribution in [3.05, 3.63) is 35.4 Å². The highest BCUT2D eigenvalue weighted by molar-refractivity contribution is 5.27. The number of aliphatic hydroxyl groups excluding tert-OH is 2. The quantitative estimate of drug-likeness (QED) is 0.710. The molecule has 100 valence electrons. The molecule has 1 fully saturated rings. The Labute approximate surface area is 106 Å². The largest absolute Gasteiger partial charge is 0.390 e. The second-order valence-corrected chi connectivity index (χ2v) is 4.33. The van der Waals surface area contributed by atoms with Gasteiger partial charge in [0.2, 0.25) is 0 Å². The van der Waals surface area contributed by atoms with Gasteiger partial charge in [-0.2, -0.15) is 0 Å². The normalized spacial score (nSPS) is 19.9. The van der Waals surface area contributed by atoms with Gasteiger partial charge >= 0.3 is 0 Å². The van der Waals surface area contributed by atoms with Crippen molar-refractivity contribution < 1.29 is 19.7 Å². The van der Waals surface area contributed by atoms with Crippen LogP contribution in [-0.2, 0) is 9.47 Å². The zero-order valence-corrected chi connectivity index (χ0v) is 10.2. The Morgan fingerprint density at radius 2 is 2.00 bits per heavy atom. The van der Waals surface area contributed by atoms with Gasteiger partial charge in [-0.3, -0.25) is 0 Å². The molecular formula is C13H19NO4. The fraction of sp³-hybridized carbons (Fsp3) is 0.538. The van der Waals surface area contributed by atoms with Gasteiger partial charge in [-0.05, 0) is 24.6 Å². The Morgan fingerprint density at radius 1 is 1.28 bits per heavy atom. The van der Waals surface area contributed by atoms with Gasteiger partial charge < -0.3 is 25.4 Å². The van der Waals surface area contributed by atoms with E-state index >= 15 is 0 Å². The first-order valence-electron chi connectivity index (χ1n) is 6.11. The number of rotatable bonds is 5. The Balaban J connectivity index is 2.10. The smallest absolute Gasteiger partial charge is 0.184 e. The van der Waals surface area contributed by atoms with E-state index in [1.807, 2.05) is 12.1 Å². The predicted molar refractivity (Wildman–Crippen MR) is 65.7 cm³/mol. The summed E-state index contributed by atoms with van der Waals surface area (Å²) in [6, 6.07) is 7.25. The minimum atomic E-state index is -0.935. The van der Waals surface area contributed by atoms with Crippen molar-refractivity contribution in [2.75, 3.05) is 19.8 Å². The predicted octanol–water partition coefficient (Wildman–Crippen LogP) is 0.475. The van der Waals surface area contributed by atoms with Gasteiger partial charge in [0.15, 0.2) is 6.29 Å². The van der Waals surface area contributed by atoms with Crippen molar-refractivity contribution in [2.45, 2.75) is 24.9 Å². The fourth-order valence-electron chi connectivity index (χ4n) is 1.99. The average molecular weight is 253 g/mol. The molecule has 5 heteroatoms. The molecule has 1 heterocycles. The monoisotopic (exact) mass is 253 g/mol. The zero-order chi connectivity index (χ0) is 13.0. The van der Waals surface area contributed by atoms with E-state index in [9.17, 15) is 10.2 Å². The lowest BCUT2D eigenvalue weighted by molar-refractivity contribution is -0.0444. The van der Waals surface area contributed by atoms with Crippen molar-refractivity contribution in [3.8, 4) is 0 Å². The molecule has 0 radical (unpaired) electrons. The summed E-state index contributed by atoms with van der Waals surface area (Å²) in [5.74, 6) is 0.